The van der Waals surface area contributed by atoms with E-state index < -0.39 is 0 Å². The van der Waals surface area contributed by atoms with E-state index in [1.807, 2.05) is 6.07 Å². The molecule has 2 aromatic rings. The third-order valence-electron chi connectivity index (χ3n) is 3.40. The van der Waals surface area contributed by atoms with Gasteiger partial charge < -0.3 is 5.11 Å². The highest BCUT2D eigenvalue weighted by atomic mass is 16.3. The first-order valence-corrected chi connectivity index (χ1v) is 7.22. The van der Waals surface area contributed by atoms with Crippen molar-refractivity contribution in [1.82, 2.24) is 9.78 Å². The van der Waals surface area contributed by atoms with E-state index in [-0.39, 0.29) is 5.41 Å². The van der Waals surface area contributed by atoms with E-state index in [9.17, 15) is 5.11 Å². The molecule has 1 N–H and O–H groups in total. The SMILES string of the molecule is CCCn1nc(-c2cccc(C)c2)c(C(C)(C)C)c1O. The van der Waals surface area contributed by atoms with Gasteiger partial charge in [-0.2, -0.15) is 5.10 Å². The minimum absolute atomic E-state index is 0.144. The Balaban J connectivity index is 2.65. The zero-order valence-corrected chi connectivity index (χ0v) is 13.1. The number of hydrogen-bond donors (Lipinski definition) is 1. The number of nitrogens with zero attached hydrogens (tertiary/aromatic N) is 2. The van der Waals surface area contributed by atoms with Crippen molar-refractivity contribution in [3.05, 3.63) is 35.4 Å². The molecule has 0 saturated carbocycles. The number of aryl methyl sites for hydroxylation is 2. The van der Waals surface area contributed by atoms with Crippen LogP contribution >= 0.6 is 0 Å². The van der Waals surface area contributed by atoms with Gasteiger partial charge in [0, 0.05) is 17.7 Å². The van der Waals surface area contributed by atoms with E-state index in [1.165, 1.54) is 5.56 Å². The summed E-state index contributed by atoms with van der Waals surface area (Å²) in [5.74, 6) is 0.302. The number of aromatic nitrogens is 2. The lowest BCUT2D eigenvalue weighted by atomic mass is 9.85. The Hall–Kier alpha value is -1.77. The summed E-state index contributed by atoms with van der Waals surface area (Å²) < 4.78 is 1.72. The largest absolute Gasteiger partial charge is 0.493 e. The predicted molar refractivity (Wildman–Crippen MR) is 83.1 cm³/mol. The molecule has 0 radical (unpaired) electrons. The van der Waals surface area contributed by atoms with Crippen molar-refractivity contribution >= 4 is 0 Å². The molecule has 0 unspecified atom stereocenters. The molecule has 0 bridgehead atoms. The number of aromatic hydroxyl groups is 1. The summed E-state index contributed by atoms with van der Waals surface area (Å²) in [7, 11) is 0. The zero-order valence-electron chi connectivity index (χ0n) is 13.1. The van der Waals surface area contributed by atoms with Crippen LogP contribution in [-0.4, -0.2) is 14.9 Å². The molecule has 0 aliphatic heterocycles. The van der Waals surface area contributed by atoms with Gasteiger partial charge >= 0.3 is 0 Å². The minimum Gasteiger partial charge on any atom is -0.493 e. The molecule has 20 heavy (non-hydrogen) atoms. The van der Waals surface area contributed by atoms with Crippen molar-refractivity contribution in [1.29, 1.82) is 0 Å². The first kappa shape index (κ1) is 14.6. The summed E-state index contributed by atoms with van der Waals surface area (Å²) in [6.45, 7) is 11.2. The molecule has 0 atom stereocenters. The first-order valence-electron chi connectivity index (χ1n) is 7.22. The zero-order chi connectivity index (χ0) is 14.9. The molecule has 1 aromatic heterocycles. The Morgan fingerprint density at radius 3 is 2.50 bits per heavy atom. The summed E-state index contributed by atoms with van der Waals surface area (Å²) >= 11 is 0. The van der Waals surface area contributed by atoms with Crippen LogP contribution < -0.4 is 0 Å². The third-order valence-corrected chi connectivity index (χ3v) is 3.40. The maximum atomic E-state index is 10.5. The standard InChI is InChI=1S/C17H24N2O/c1-6-10-19-16(20)14(17(3,4)5)15(18-19)13-9-7-8-12(2)11-13/h7-9,11,20H,6,10H2,1-5H3. The van der Waals surface area contributed by atoms with Crippen LogP contribution in [0.15, 0.2) is 24.3 Å². The van der Waals surface area contributed by atoms with E-state index in [1.54, 1.807) is 4.68 Å². The minimum atomic E-state index is -0.144. The Morgan fingerprint density at radius 1 is 1.25 bits per heavy atom. The number of hydrogen-bond acceptors (Lipinski definition) is 2. The van der Waals surface area contributed by atoms with Crippen LogP contribution in [0.1, 0.15) is 45.2 Å². The Morgan fingerprint density at radius 2 is 1.95 bits per heavy atom. The molecule has 0 aliphatic rings. The second-order valence-corrected chi connectivity index (χ2v) is 6.39. The van der Waals surface area contributed by atoms with Crippen LogP contribution in [0.5, 0.6) is 5.88 Å². The smallest absolute Gasteiger partial charge is 0.213 e. The first-order chi connectivity index (χ1) is 9.34. The number of rotatable bonds is 3. The van der Waals surface area contributed by atoms with Gasteiger partial charge in [0.1, 0.15) is 0 Å². The quantitative estimate of drug-likeness (QED) is 0.906. The second-order valence-electron chi connectivity index (χ2n) is 6.39. The third kappa shape index (κ3) is 2.72. The summed E-state index contributed by atoms with van der Waals surface area (Å²) in [4.78, 5) is 0. The molecule has 1 heterocycles. The van der Waals surface area contributed by atoms with Crippen molar-refractivity contribution in [3.63, 3.8) is 0 Å². The molecule has 0 amide bonds. The number of benzene rings is 1. The second kappa shape index (κ2) is 5.31. The van der Waals surface area contributed by atoms with E-state index in [0.29, 0.717) is 5.88 Å². The highest BCUT2D eigenvalue weighted by Crippen LogP contribution is 2.39. The molecular formula is C17H24N2O. The molecule has 108 valence electrons. The van der Waals surface area contributed by atoms with Crippen molar-refractivity contribution in [2.75, 3.05) is 0 Å². The molecule has 1 aromatic carbocycles. The van der Waals surface area contributed by atoms with E-state index in [2.05, 4.69) is 57.9 Å². The van der Waals surface area contributed by atoms with Gasteiger partial charge in [0.2, 0.25) is 5.88 Å². The fraction of sp³-hybridized carbons (Fsp3) is 0.471. The molecule has 0 aliphatic carbocycles. The molecule has 3 heteroatoms. The van der Waals surface area contributed by atoms with Crippen molar-refractivity contribution in [2.24, 2.45) is 0 Å². The van der Waals surface area contributed by atoms with Gasteiger partial charge in [0.15, 0.2) is 0 Å². The van der Waals surface area contributed by atoms with Gasteiger partial charge in [-0.15, -0.1) is 0 Å². The van der Waals surface area contributed by atoms with Crippen LogP contribution in [-0.2, 0) is 12.0 Å². The van der Waals surface area contributed by atoms with Crippen LogP contribution in [0, 0.1) is 6.92 Å². The predicted octanol–water partition coefficient (Wildman–Crippen LogP) is 4.27. The highest BCUT2D eigenvalue weighted by molar-refractivity contribution is 5.67. The van der Waals surface area contributed by atoms with Crippen LogP contribution in [0.25, 0.3) is 11.3 Å². The van der Waals surface area contributed by atoms with Crippen LogP contribution in [0.4, 0.5) is 0 Å². The maximum absolute atomic E-state index is 10.5. The monoisotopic (exact) mass is 272 g/mol. The van der Waals surface area contributed by atoms with E-state index in [4.69, 9.17) is 0 Å². The average Bonchev–Trinajstić information content (AvgIpc) is 2.67. The van der Waals surface area contributed by atoms with Crippen LogP contribution in [0.3, 0.4) is 0 Å². The maximum Gasteiger partial charge on any atom is 0.213 e. The Labute approximate surface area is 121 Å². The highest BCUT2D eigenvalue weighted by Gasteiger charge is 2.28. The van der Waals surface area contributed by atoms with Gasteiger partial charge in [-0.3, -0.25) is 0 Å². The molecule has 0 saturated heterocycles. The lowest BCUT2D eigenvalue weighted by Crippen LogP contribution is -2.12. The van der Waals surface area contributed by atoms with Gasteiger partial charge in [-0.05, 0) is 24.8 Å². The Kier molecular flexibility index (Phi) is 3.89. The summed E-state index contributed by atoms with van der Waals surface area (Å²) in [5.41, 5.74) is 3.95. The fourth-order valence-electron chi connectivity index (χ4n) is 2.51. The molecular weight excluding hydrogens is 248 g/mol. The molecule has 2 rings (SSSR count). The normalized spacial score (nSPS) is 11.8. The van der Waals surface area contributed by atoms with Crippen molar-refractivity contribution < 1.29 is 5.11 Å². The molecule has 0 spiro atoms. The molecule has 0 fully saturated rings. The van der Waals surface area contributed by atoms with Crippen molar-refractivity contribution in [3.8, 4) is 17.1 Å². The fourth-order valence-corrected chi connectivity index (χ4v) is 2.51. The Bertz CT molecular complexity index is 606. The molecule has 3 nitrogen and oxygen atoms in total. The van der Waals surface area contributed by atoms with Gasteiger partial charge in [-0.1, -0.05) is 51.5 Å². The summed E-state index contributed by atoms with van der Waals surface area (Å²) in [6, 6.07) is 8.28. The van der Waals surface area contributed by atoms with E-state index >= 15 is 0 Å². The summed E-state index contributed by atoms with van der Waals surface area (Å²) in [6.07, 6.45) is 0.950. The lowest BCUT2D eigenvalue weighted by molar-refractivity contribution is 0.383. The van der Waals surface area contributed by atoms with Crippen molar-refractivity contribution in [2.45, 2.75) is 53.0 Å². The topological polar surface area (TPSA) is 38.0 Å². The van der Waals surface area contributed by atoms with Crippen LogP contribution in [0.2, 0.25) is 0 Å². The average molecular weight is 272 g/mol. The van der Waals surface area contributed by atoms with Gasteiger partial charge in [0.25, 0.3) is 0 Å². The van der Waals surface area contributed by atoms with E-state index in [0.717, 1.165) is 29.8 Å². The lowest BCUT2D eigenvalue weighted by Gasteiger charge is -2.19. The van der Waals surface area contributed by atoms with Gasteiger partial charge in [-0.25, -0.2) is 4.68 Å². The summed E-state index contributed by atoms with van der Waals surface area (Å²) in [5, 5.41) is 15.2. The van der Waals surface area contributed by atoms with Gasteiger partial charge in [0.05, 0.1) is 5.69 Å².